The SMILES string of the molecule is CC(O)CC[C@@H](C)/C=C1\CN2CCC[C@H]2[C@@](C)(O)C1. The fourth-order valence-electron chi connectivity index (χ4n) is 3.72. The summed E-state index contributed by atoms with van der Waals surface area (Å²) in [5.74, 6) is 0.486. The zero-order valence-corrected chi connectivity index (χ0v) is 12.6. The number of piperidine rings is 1. The topological polar surface area (TPSA) is 43.7 Å². The van der Waals surface area contributed by atoms with Crippen molar-refractivity contribution >= 4 is 0 Å². The molecule has 0 aromatic rings. The van der Waals surface area contributed by atoms with Crippen molar-refractivity contribution in [1.29, 1.82) is 0 Å². The summed E-state index contributed by atoms with van der Waals surface area (Å²) in [6.45, 7) is 8.20. The van der Waals surface area contributed by atoms with Gasteiger partial charge >= 0.3 is 0 Å². The number of aliphatic hydroxyl groups excluding tert-OH is 1. The first-order valence-corrected chi connectivity index (χ1v) is 7.72. The van der Waals surface area contributed by atoms with E-state index < -0.39 is 5.60 Å². The Morgan fingerprint density at radius 2 is 2.16 bits per heavy atom. The van der Waals surface area contributed by atoms with Crippen molar-refractivity contribution in [2.75, 3.05) is 13.1 Å². The average molecular weight is 267 g/mol. The minimum Gasteiger partial charge on any atom is -0.393 e. The molecule has 0 radical (unpaired) electrons. The lowest BCUT2D eigenvalue weighted by Gasteiger charge is -2.43. The van der Waals surface area contributed by atoms with Gasteiger partial charge in [0.05, 0.1) is 11.7 Å². The van der Waals surface area contributed by atoms with Gasteiger partial charge in [0.1, 0.15) is 0 Å². The van der Waals surface area contributed by atoms with Crippen LogP contribution in [0.5, 0.6) is 0 Å². The number of allylic oxidation sites excluding steroid dienone is 1. The largest absolute Gasteiger partial charge is 0.393 e. The highest BCUT2D eigenvalue weighted by atomic mass is 16.3. The second kappa shape index (κ2) is 5.94. The van der Waals surface area contributed by atoms with Crippen molar-refractivity contribution in [2.45, 2.75) is 70.6 Å². The maximum absolute atomic E-state index is 10.6. The molecule has 2 fully saturated rings. The van der Waals surface area contributed by atoms with E-state index in [9.17, 15) is 10.2 Å². The van der Waals surface area contributed by atoms with Crippen molar-refractivity contribution in [1.82, 2.24) is 4.90 Å². The van der Waals surface area contributed by atoms with Crippen LogP contribution in [-0.2, 0) is 0 Å². The quantitative estimate of drug-likeness (QED) is 0.768. The average Bonchev–Trinajstić information content (AvgIpc) is 2.74. The molecule has 3 nitrogen and oxygen atoms in total. The molecule has 2 aliphatic rings. The van der Waals surface area contributed by atoms with E-state index in [1.807, 2.05) is 13.8 Å². The molecule has 110 valence electrons. The van der Waals surface area contributed by atoms with Crippen molar-refractivity contribution in [3.8, 4) is 0 Å². The van der Waals surface area contributed by atoms with Gasteiger partial charge < -0.3 is 10.2 Å². The summed E-state index contributed by atoms with van der Waals surface area (Å²) in [4.78, 5) is 2.44. The van der Waals surface area contributed by atoms with E-state index in [0.717, 1.165) is 38.8 Å². The molecule has 3 heteroatoms. The Kier molecular flexibility index (Phi) is 4.70. The monoisotopic (exact) mass is 267 g/mol. The summed E-state index contributed by atoms with van der Waals surface area (Å²) in [7, 11) is 0. The van der Waals surface area contributed by atoms with Gasteiger partial charge in [0, 0.05) is 12.6 Å². The summed E-state index contributed by atoms with van der Waals surface area (Å²) >= 11 is 0. The van der Waals surface area contributed by atoms with Crippen LogP contribution in [0.3, 0.4) is 0 Å². The molecule has 2 saturated heterocycles. The first kappa shape index (κ1) is 15.0. The van der Waals surface area contributed by atoms with Crippen molar-refractivity contribution in [3.63, 3.8) is 0 Å². The lowest BCUT2D eigenvalue weighted by Crippen LogP contribution is -2.52. The molecule has 2 N–H and O–H groups in total. The second-order valence-corrected chi connectivity index (χ2v) is 6.89. The normalized spacial score (nSPS) is 37.3. The Balaban J connectivity index is 1.97. The molecule has 2 heterocycles. The molecular weight excluding hydrogens is 238 g/mol. The summed E-state index contributed by atoms with van der Waals surface area (Å²) in [6.07, 6.45) is 7.15. The van der Waals surface area contributed by atoms with Crippen LogP contribution < -0.4 is 0 Å². The summed E-state index contributed by atoms with van der Waals surface area (Å²) in [6, 6.07) is 0.359. The summed E-state index contributed by atoms with van der Waals surface area (Å²) in [5, 5.41) is 20.0. The number of rotatable bonds is 4. The molecule has 2 aliphatic heterocycles. The van der Waals surface area contributed by atoms with Gasteiger partial charge in [0.25, 0.3) is 0 Å². The van der Waals surface area contributed by atoms with E-state index in [0.29, 0.717) is 12.0 Å². The lowest BCUT2D eigenvalue weighted by molar-refractivity contribution is -0.0330. The minimum atomic E-state index is -0.565. The molecule has 0 aliphatic carbocycles. The number of fused-ring (bicyclic) bond motifs is 1. The van der Waals surface area contributed by atoms with Gasteiger partial charge in [-0.05, 0) is 58.4 Å². The van der Waals surface area contributed by atoms with Crippen LogP contribution in [0.4, 0.5) is 0 Å². The standard InChI is InChI=1S/C16H29NO2/c1-12(6-7-13(2)18)9-14-10-16(3,19)15-5-4-8-17(15)11-14/h9,12-13,15,18-19H,4-8,10-11H2,1-3H3/b14-9-/t12-,13?,15+,16+/m1/s1. The van der Waals surface area contributed by atoms with E-state index in [2.05, 4.69) is 17.9 Å². The molecule has 2 rings (SSSR count). The minimum absolute atomic E-state index is 0.210. The Morgan fingerprint density at radius 1 is 1.42 bits per heavy atom. The van der Waals surface area contributed by atoms with Gasteiger partial charge in [-0.3, -0.25) is 4.90 Å². The summed E-state index contributed by atoms with van der Waals surface area (Å²) in [5.41, 5.74) is 0.811. The van der Waals surface area contributed by atoms with Crippen LogP contribution in [0, 0.1) is 5.92 Å². The van der Waals surface area contributed by atoms with E-state index in [1.165, 1.54) is 12.0 Å². The molecule has 4 atom stereocenters. The van der Waals surface area contributed by atoms with Crippen LogP contribution in [0.15, 0.2) is 11.6 Å². The van der Waals surface area contributed by atoms with E-state index in [-0.39, 0.29) is 6.10 Å². The molecule has 0 spiro atoms. The highest BCUT2D eigenvalue weighted by Gasteiger charge is 2.43. The third-order valence-electron chi connectivity index (χ3n) is 4.63. The van der Waals surface area contributed by atoms with E-state index in [1.54, 1.807) is 0 Å². The number of hydrogen-bond donors (Lipinski definition) is 2. The van der Waals surface area contributed by atoms with Crippen molar-refractivity contribution < 1.29 is 10.2 Å². The van der Waals surface area contributed by atoms with Crippen molar-refractivity contribution in [3.05, 3.63) is 11.6 Å². The maximum atomic E-state index is 10.6. The number of aliphatic hydroxyl groups is 2. The number of hydrogen-bond acceptors (Lipinski definition) is 3. The van der Waals surface area contributed by atoms with E-state index in [4.69, 9.17) is 0 Å². The van der Waals surface area contributed by atoms with Crippen LogP contribution in [0.2, 0.25) is 0 Å². The van der Waals surface area contributed by atoms with Gasteiger partial charge in [-0.2, -0.15) is 0 Å². The second-order valence-electron chi connectivity index (χ2n) is 6.89. The fourth-order valence-corrected chi connectivity index (χ4v) is 3.72. The van der Waals surface area contributed by atoms with Gasteiger partial charge in [0.15, 0.2) is 0 Å². The highest BCUT2D eigenvalue weighted by Crippen LogP contribution is 2.37. The van der Waals surface area contributed by atoms with Crippen LogP contribution in [-0.4, -0.2) is 45.9 Å². The van der Waals surface area contributed by atoms with Gasteiger partial charge in [-0.1, -0.05) is 18.6 Å². The first-order chi connectivity index (χ1) is 8.88. The van der Waals surface area contributed by atoms with Crippen LogP contribution in [0.25, 0.3) is 0 Å². The zero-order valence-electron chi connectivity index (χ0n) is 12.6. The molecule has 0 bridgehead atoms. The Labute approximate surface area is 117 Å². The Morgan fingerprint density at radius 3 is 2.84 bits per heavy atom. The molecule has 0 aromatic heterocycles. The van der Waals surface area contributed by atoms with Crippen LogP contribution >= 0.6 is 0 Å². The van der Waals surface area contributed by atoms with Crippen LogP contribution in [0.1, 0.15) is 52.9 Å². The smallest absolute Gasteiger partial charge is 0.0811 e. The van der Waals surface area contributed by atoms with Gasteiger partial charge in [-0.25, -0.2) is 0 Å². The molecule has 19 heavy (non-hydrogen) atoms. The zero-order chi connectivity index (χ0) is 14.0. The molecule has 0 aromatic carbocycles. The Hall–Kier alpha value is -0.380. The third kappa shape index (κ3) is 3.80. The fraction of sp³-hybridized carbons (Fsp3) is 0.875. The lowest BCUT2D eigenvalue weighted by atomic mass is 9.82. The molecule has 0 amide bonds. The van der Waals surface area contributed by atoms with Gasteiger partial charge in [0.2, 0.25) is 0 Å². The van der Waals surface area contributed by atoms with E-state index >= 15 is 0 Å². The predicted molar refractivity (Wildman–Crippen MR) is 78.0 cm³/mol. The maximum Gasteiger partial charge on any atom is 0.0811 e. The first-order valence-electron chi connectivity index (χ1n) is 7.72. The third-order valence-corrected chi connectivity index (χ3v) is 4.63. The van der Waals surface area contributed by atoms with Gasteiger partial charge in [-0.15, -0.1) is 0 Å². The molecule has 1 unspecified atom stereocenters. The highest BCUT2D eigenvalue weighted by molar-refractivity contribution is 5.17. The predicted octanol–water partition coefficient (Wildman–Crippen LogP) is 2.33. The molecular formula is C16H29NO2. The number of nitrogens with zero attached hydrogens (tertiary/aromatic N) is 1. The van der Waals surface area contributed by atoms with Crippen molar-refractivity contribution in [2.24, 2.45) is 5.92 Å². The molecule has 0 saturated carbocycles. The summed E-state index contributed by atoms with van der Waals surface area (Å²) < 4.78 is 0. The Bertz CT molecular complexity index is 336.